The lowest BCUT2D eigenvalue weighted by atomic mass is 9.96. The van der Waals surface area contributed by atoms with Crippen LogP contribution < -0.4 is 16.0 Å². The fourth-order valence-electron chi connectivity index (χ4n) is 2.55. The maximum Gasteiger partial charge on any atom is 0.315 e. The molecule has 0 aromatic heterocycles. The third kappa shape index (κ3) is 5.61. The van der Waals surface area contributed by atoms with Gasteiger partial charge in [-0.2, -0.15) is 0 Å². The first-order chi connectivity index (χ1) is 9.81. The molecular weight excluding hydrogens is 274 g/mol. The number of carboxylic acids is 1. The summed E-state index contributed by atoms with van der Waals surface area (Å²) in [6.45, 7) is 5.61. The van der Waals surface area contributed by atoms with Gasteiger partial charge in [-0.1, -0.05) is 6.42 Å². The van der Waals surface area contributed by atoms with Crippen molar-refractivity contribution < 1.29 is 19.5 Å². The summed E-state index contributed by atoms with van der Waals surface area (Å²) < 4.78 is 0. The van der Waals surface area contributed by atoms with Crippen LogP contribution in [0.2, 0.25) is 0 Å². The summed E-state index contributed by atoms with van der Waals surface area (Å²) in [7, 11) is 0. The molecule has 4 N–H and O–H groups in total. The molecule has 7 nitrogen and oxygen atoms in total. The molecular formula is C14H25N3O4. The third-order valence-corrected chi connectivity index (χ3v) is 3.67. The van der Waals surface area contributed by atoms with Crippen molar-refractivity contribution in [2.75, 3.05) is 6.54 Å². The van der Waals surface area contributed by atoms with Gasteiger partial charge in [0.2, 0.25) is 5.91 Å². The molecule has 3 atom stereocenters. The molecule has 3 unspecified atom stereocenters. The highest BCUT2D eigenvalue weighted by molar-refractivity contribution is 5.86. The normalized spacial score (nSPS) is 22.7. The fraction of sp³-hybridized carbons (Fsp3) is 0.786. The molecule has 0 aromatic rings. The molecule has 21 heavy (non-hydrogen) atoms. The van der Waals surface area contributed by atoms with E-state index < -0.39 is 18.0 Å². The van der Waals surface area contributed by atoms with Gasteiger partial charge in [0.1, 0.15) is 6.04 Å². The van der Waals surface area contributed by atoms with Gasteiger partial charge >= 0.3 is 12.0 Å². The molecule has 1 rings (SSSR count). The molecule has 0 radical (unpaired) electrons. The Morgan fingerprint density at radius 3 is 2.38 bits per heavy atom. The lowest BCUT2D eigenvalue weighted by molar-refractivity contribution is -0.142. The Labute approximate surface area is 124 Å². The van der Waals surface area contributed by atoms with Crippen LogP contribution >= 0.6 is 0 Å². The summed E-state index contributed by atoms with van der Waals surface area (Å²) in [5.41, 5.74) is 0. The zero-order chi connectivity index (χ0) is 16.0. The highest BCUT2D eigenvalue weighted by Gasteiger charge is 2.32. The second-order valence-corrected chi connectivity index (χ2v) is 5.88. The first-order valence-electron chi connectivity index (χ1n) is 7.38. The van der Waals surface area contributed by atoms with Gasteiger partial charge < -0.3 is 21.1 Å². The van der Waals surface area contributed by atoms with E-state index in [-0.39, 0.29) is 23.8 Å². The Morgan fingerprint density at radius 2 is 1.81 bits per heavy atom. The molecule has 120 valence electrons. The third-order valence-electron chi connectivity index (χ3n) is 3.67. The summed E-state index contributed by atoms with van der Waals surface area (Å²) in [6.07, 6.45) is 2.34. The van der Waals surface area contributed by atoms with Crippen LogP contribution in [-0.4, -0.2) is 41.6 Å². The van der Waals surface area contributed by atoms with Crippen LogP contribution in [0.5, 0.6) is 0 Å². The van der Waals surface area contributed by atoms with E-state index in [1.807, 2.05) is 13.8 Å². The topological polar surface area (TPSA) is 108 Å². The van der Waals surface area contributed by atoms with Crippen molar-refractivity contribution in [3.05, 3.63) is 0 Å². The van der Waals surface area contributed by atoms with Crippen LogP contribution in [-0.2, 0) is 9.59 Å². The smallest absolute Gasteiger partial charge is 0.315 e. The lowest BCUT2D eigenvalue weighted by Crippen LogP contribution is -2.50. The molecule has 0 heterocycles. The minimum atomic E-state index is -0.801. The van der Waals surface area contributed by atoms with E-state index >= 15 is 0 Å². The molecule has 0 aromatic carbocycles. The SMILES string of the molecule is CC(C)NC(=O)C(C)NC(=O)NCC1CCCC1C(=O)O. The summed E-state index contributed by atoms with van der Waals surface area (Å²) >= 11 is 0. The number of nitrogens with one attached hydrogen (secondary N) is 3. The molecule has 1 aliphatic rings. The second kappa shape index (κ2) is 7.85. The Balaban J connectivity index is 2.34. The largest absolute Gasteiger partial charge is 0.481 e. The van der Waals surface area contributed by atoms with Crippen molar-refractivity contribution in [3.63, 3.8) is 0 Å². The van der Waals surface area contributed by atoms with E-state index in [4.69, 9.17) is 5.11 Å². The molecule has 1 aliphatic carbocycles. The van der Waals surface area contributed by atoms with Gasteiger partial charge in [0.05, 0.1) is 5.92 Å². The van der Waals surface area contributed by atoms with Crippen LogP contribution in [0, 0.1) is 11.8 Å². The van der Waals surface area contributed by atoms with Crippen LogP contribution in [0.15, 0.2) is 0 Å². The van der Waals surface area contributed by atoms with E-state index in [0.29, 0.717) is 13.0 Å². The number of carbonyl (C=O) groups excluding carboxylic acids is 2. The first kappa shape index (κ1) is 17.3. The predicted molar refractivity (Wildman–Crippen MR) is 77.7 cm³/mol. The number of amides is 3. The number of hydrogen-bond acceptors (Lipinski definition) is 3. The first-order valence-corrected chi connectivity index (χ1v) is 7.38. The highest BCUT2D eigenvalue weighted by atomic mass is 16.4. The van der Waals surface area contributed by atoms with E-state index in [9.17, 15) is 14.4 Å². The Bertz CT molecular complexity index is 398. The minimum Gasteiger partial charge on any atom is -0.481 e. The number of hydrogen-bond donors (Lipinski definition) is 4. The van der Waals surface area contributed by atoms with Crippen molar-refractivity contribution in [1.29, 1.82) is 0 Å². The number of rotatable bonds is 6. The maximum atomic E-state index is 11.7. The summed E-state index contributed by atoms with van der Waals surface area (Å²) in [6, 6.07) is -1.07. The average Bonchev–Trinajstić information content (AvgIpc) is 2.83. The molecule has 0 spiro atoms. The van der Waals surface area contributed by atoms with Gasteiger partial charge in [-0.25, -0.2) is 4.79 Å². The summed E-state index contributed by atoms with van der Waals surface area (Å²) in [4.78, 5) is 34.4. The van der Waals surface area contributed by atoms with Crippen molar-refractivity contribution in [2.45, 2.75) is 52.1 Å². The second-order valence-electron chi connectivity index (χ2n) is 5.88. The Kier molecular flexibility index (Phi) is 6.45. The van der Waals surface area contributed by atoms with Gasteiger partial charge in [-0.05, 0) is 39.5 Å². The van der Waals surface area contributed by atoms with E-state index in [1.165, 1.54) is 0 Å². The van der Waals surface area contributed by atoms with Crippen LogP contribution in [0.3, 0.4) is 0 Å². The number of aliphatic carboxylic acids is 1. The predicted octanol–water partition coefficient (Wildman–Crippen LogP) is 0.700. The van der Waals surface area contributed by atoms with E-state index in [2.05, 4.69) is 16.0 Å². The number of carboxylic acid groups (broad SMARTS) is 1. The summed E-state index contributed by atoms with van der Waals surface area (Å²) in [5, 5.41) is 17.0. The fourth-order valence-corrected chi connectivity index (χ4v) is 2.55. The molecule has 1 saturated carbocycles. The number of carbonyl (C=O) groups is 3. The molecule has 0 saturated heterocycles. The van der Waals surface area contributed by atoms with Gasteiger partial charge in [-0.15, -0.1) is 0 Å². The maximum absolute atomic E-state index is 11.7. The van der Waals surface area contributed by atoms with Gasteiger partial charge in [0, 0.05) is 12.6 Å². The van der Waals surface area contributed by atoms with Crippen molar-refractivity contribution in [1.82, 2.24) is 16.0 Å². The number of urea groups is 1. The standard InChI is InChI=1S/C14H25N3O4/c1-8(2)16-12(18)9(3)17-14(21)15-7-10-5-4-6-11(10)13(19)20/h8-11H,4-7H2,1-3H3,(H,16,18)(H,19,20)(H2,15,17,21). The van der Waals surface area contributed by atoms with Crippen LogP contribution in [0.25, 0.3) is 0 Å². The average molecular weight is 299 g/mol. The van der Waals surface area contributed by atoms with Gasteiger partial charge in [-0.3, -0.25) is 9.59 Å². The zero-order valence-electron chi connectivity index (χ0n) is 12.8. The van der Waals surface area contributed by atoms with Gasteiger partial charge in [0.25, 0.3) is 0 Å². The van der Waals surface area contributed by atoms with Crippen LogP contribution in [0.1, 0.15) is 40.0 Å². The minimum absolute atomic E-state index is 0.0135. The highest BCUT2D eigenvalue weighted by Crippen LogP contribution is 2.31. The monoisotopic (exact) mass is 299 g/mol. The summed E-state index contributed by atoms with van der Waals surface area (Å²) in [5.74, 6) is -1.46. The molecule has 7 heteroatoms. The van der Waals surface area contributed by atoms with Crippen molar-refractivity contribution in [3.8, 4) is 0 Å². The van der Waals surface area contributed by atoms with Crippen molar-refractivity contribution in [2.24, 2.45) is 11.8 Å². The van der Waals surface area contributed by atoms with E-state index in [0.717, 1.165) is 12.8 Å². The Morgan fingerprint density at radius 1 is 1.14 bits per heavy atom. The molecule has 0 aliphatic heterocycles. The quantitative estimate of drug-likeness (QED) is 0.579. The lowest BCUT2D eigenvalue weighted by Gasteiger charge is -2.19. The molecule has 1 fully saturated rings. The van der Waals surface area contributed by atoms with Gasteiger partial charge in [0.15, 0.2) is 0 Å². The molecule has 0 bridgehead atoms. The Hall–Kier alpha value is -1.79. The zero-order valence-corrected chi connectivity index (χ0v) is 12.8. The van der Waals surface area contributed by atoms with Crippen molar-refractivity contribution >= 4 is 17.9 Å². The van der Waals surface area contributed by atoms with Crippen LogP contribution in [0.4, 0.5) is 4.79 Å². The molecule has 3 amide bonds. The van der Waals surface area contributed by atoms with E-state index in [1.54, 1.807) is 6.92 Å².